The predicted octanol–water partition coefficient (Wildman–Crippen LogP) is -0.138. The van der Waals surface area contributed by atoms with Gasteiger partial charge in [-0.05, 0) is 5.56 Å². The molecule has 0 saturated carbocycles. The molecule has 2 aromatic rings. The fraction of sp³-hybridized carbons (Fsp3) is 0.300. The molecule has 8 heteroatoms. The van der Waals surface area contributed by atoms with Crippen molar-refractivity contribution in [2.75, 3.05) is 6.54 Å². The van der Waals surface area contributed by atoms with E-state index >= 15 is 0 Å². The Kier molecular flexibility index (Phi) is 4.00. The summed E-state index contributed by atoms with van der Waals surface area (Å²) in [6, 6.07) is 9.02. The van der Waals surface area contributed by atoms with Crippen LogP contribution in [0, 0.1) is 0 Å². The molecule has 0 unspecified atom stereocenters. The molecule has 0 aliphatic carbocycles. The minimum atomic E-state index is -3.32. The minimum absolute atomic E-state index is 0.0277. The Morgan fingerprint density at radius 2 is 2.00 bits per heavy atom. The Morgan fingerprint density at radius 1 is 1.22 bits per heavy atom. The maximum atomic E-state index is 11.8. The van der Waals surface area contributed by atoms with Crippen LogP contribution in [0.3, 0.4) is 0 Å². The lowest BCUT2D eigenvalue weighted by Gasteiger charge is -2.05. The fourth-order valence-electron chi connectivity index (χ4n) is 1.45. The lowest BCUT2D eigenvalue weighted by atomic mass is 10.2. The summed E-state index contributed by atoms with van der Waals surface area (Å²) in [6.45, 7) is 0.259. The minimum Gasteiger partial charge on any atom is -0.214 e. The molecule has 0 saturated heterocycles. The van der Waals surface area contributed by atoms with Gasteiger partial charge in [0.25, 0.3) is 0 Å². The first-order valence-corrected chi connectivity index (χ1v) is 7.04. The van der Waals surface area contributed by atoms with Crippen molar-refractivity contribution in [3.63, 3.8) is 0 Å². The predicted molar refractivity (Wildman–Crippen MR) is 65.0 cm³/mol. The van der Waals surface area contributed by atoms with E-state index < -0.39 is 10.0 Å². The van der Waals surface area contributed by atoms with Crippen molar-refractivity contribution in [1.29, 1.82) is 0 Å². The monoisotopic (exact) mass is 267 g/mol. The molecule has 2 rings (SSSR count). The molecule has 18 heavy (non-hydrogen) atoms. The molecule has 0 atom stereocenters. The standard InChI is InChI=1S/C10H13N5O2S/c16-18(17,8-9-4-2-1-3-5-9)11-7-6-10-12-14-15-13-10/h1-5,11H,6-8H2,(H,12,13,14,15). The quantitative estimate of drug-likeness (QED) is 0.758. The molecule has 0 radical (unpaired) electrons. The Balaban J connectivity index is 1.84. The van der Waals surface area contributed by atoms with Gasteiger partial charge in [0.2, 0.25) is 10.0 Å². The third-order valence-electron chi connectivity index (χ3n) is 2.26. The first-order valence-electron chi connectivity index (χ1n) is 5.39. The van der Waals surface area contributed by atoms with Gasteiger partial charge in [-0.15, -0.1) is 10.2 Å². The number of aromatic nitrogens is 4. The molecule has 1 aromatic carbocycles. The number of benzene rings is 1. The molecule has 0 bridgehead atoms. The summed E-state index contributed by atoms with van der Waals surface area (Å²) in [4.78, 5) is 0. The van der Waals surface area contributed by atoms with E-state index in [1.807, 2.05) is 18.2 Å². The highest BCUT2D eigenvalue weighted by Crippen LogP contribution is 2.03. The van der Waals surface area contributed by atoms with Crippen molar-refractivity contribution >= 4 is 10.0 Å². The van der Waals surface area contributed by atoms with Crippen molar-refractivity contribution in [1.82, 2.24) is 25.3 Å². The molecular formula is C10H13N5O2S. The molecule has 0 spiro atoms. The van der Waals surface area contributed by atoms with Gasteiger partial charge in [-0.25, -0.2) is 13.1 Å². The average Bonchev–Trinajstić information content (AvgIpc) is 2.82. The molecule has 1 aromatic heterocycles. The Hall–Kier alpha value is -1.80. The maximum absolute atomic E-state index is 11.8. The molecule has 0 fully saturated rings. The lowest BCUT2D eigenvalue weighted by molar-refractivity contribution is 0.580. The zero-order valence-electron chi connectivity index (χ0n) is 9.57. The van der Waals surface area contributed by atoms with Crippen molar-refractivity contribution in [3.8, 4) is 0 Å². The average molecular weight is 267 g/mol. The number of rotatable bonds is 6. The van der Waals surface area contributed by atoms with Crippen LogP contribution in [0.15, 0.2) is 30.3 Å². The van der Waals surface area contributed by atoms with Gasteiger partial charge < -0.3 is 0 Å². The molecule has 2 N–H and O–H groups in total. The SMILES string of the molecule is O=S(=O)(Cc1ccccc1)NCCc1nn[nH]n1. The number of nitrogens with one attached hydrogen (secondary N) is 2. The van der Waals surface area contributed by atoms with Crippen molar-refractivity contribution in [3.05, 3.63) is 41.7 Å². The fourth-order valence-corrected chi connectivity index (χ4v) is 2.60. The number of hydrogen-bond donors (Lipinski definition) is 2. The Morgan fingerprint density at radius 3 is 2.67 bits per heavy atom. The highest BCUT2D eigenvalue weighted by molar-refractivity contribution is 7.88. The van der Waals surface area contributed by atoms with Crippen molar-refractivity contribution in [2.45, 2.75) is 12.2 Å². The highest BCUT2D eigenvalue weighted by Gasteiger charge is 2.11. The summed E-state index contributed by atoms with van der Waals surface area (Å²) >= 11 is 0. The normalized spacial score (nSPS) is 11.6. The van der Waals surface area contributed by atoms with E-state index in [0.29, 0.717) is 12.2 Å². The summed E-state index contributed by atoms with van der Waals surface area (Å²) in [5, 5.41) is 13.2. The first kappa shape index (κ1) is 12.7. The number of aromatic amines is 1. The molecular weight excluding hydrogens is 254 g/mol. The second-order valence-corrected chi connectivity index (χ2v) is 5.52. The molecule has 1 heterocycles. The van der Waals surface area contributed by atoms with Gasteiger partial charge in [0.15, 0.2) is 5.82 Å². The number of tetrazole rings is 1. The van der Waals surface area contributed by atoms with Gasteiger partial charge in [-0.2, -0.15) is 5.21 Å². The maximum Gasteiger partial charge on any atom is 0.215 e. The lowest BCUT2D eigenvalue weighted by Crippen LogP contribution is -2.27. The molecule has 0 aliphatic heterocycles. The highest BCUT2D eigenvalue weighted by atomic mass is 32.2. The van der Waals surface area contributed by atoms with Gasteiger partial charge in [-0.3, -0.25) is 0 Å². The van der Waals surface area contributed by atoms with Gasteiger partial charge in [0, 0.05) is 13.0 Å². The molecule has 96 valence electrons. The van der Waals surface area contributed by atoms with E-state index in [-0.39, 0.29) is 12.3 Å². The Bertz CT molecular complexity index is 568. The summed E-state index contributed by atoms with van der Waals surface area (Å²) in [6.07, 6.45) is 0.407. The third kappa shape index (κ3) is 3.90. The largest absolute Gasteiger partial charge is 0.215 e. The van der Waals surface area contributed by atoms with Crippen LogP contribution >= 0.6 is 0 Å². The molecule has 0 aliphatic rings. The van der Waals surface area contributed by atoms with Crippen LogP contribution in [0.5, 0.6) is 0 Å². The molecule has 7 nitrogen and oxygen atoms in total. The number of nitrogens with zero attached hydrogens (tertiary/aromatic N) is 3. The van der Waals surface area contributed by atoms with E-state index in [0.717, 1.165) is 5.56 Å². The zero-order chi connectivity index (χ0) is 12.8. The van der Waals surface area contributed by atoms with E-state index in [1.165, 1.54) is 0 Å². The van der Waals surface area contributed by atoms with Crippen LogP contribution in [-0.4, -0.2) is 35.6 Å². The number of hydrogen-bond acceptors (Lipinski definition) is 5. The van der Waals surface area contributed by atoms with E-state index in [4.69, 9.17) is 0 Å². The van der Waals surface area contributed by atoms with Gasteiger partial charge in [0.05, 0.1) is 5.75 Å². The second-order valence-electron chi connectivity index (χ2n) is 3.72. The van der Waals surface area contributed by atoms with Crippen LogP contribution in [0.1, 0.15) is 11.4 Å². The third-order valence-corrected chi connectivity index (χ3v) is 3.62. The van der Waals surface area contributed by atoms with Crippen molar-refractivity contribution in [2.24, 2.45) is 0 Å². The number of sulfonamides is 1. The topological polar surface area (TPSA) is 101 Å². The van der Waals surface area contributed by atoms with E-state index in [1.54, 1.807) is 12.1 Å². The smallest absolute Gasteiger partial charge is 0.214 e. The second kappa shape index (κ2) is 5.69. The summed E-state index contributed by atoms with van der Waals surface area (Å²) < 4.78 is 26.0. The van der Waals surface area contributed by atoms with Gasteiger partial charge in [0.1, 0.15) is 0 Å². The van der Waals surface area contributed by atoms with Gasteiger partial charge >= 0.3 is 0 Å². The summed E-state index contributed by atoms with van der Waals surface area (Å²) in [7, 11) is -3.32. The zero-order valence-corrected chi connectivity index (χ0v) is 10.4. The summed E-state index contributed by atoms with van der Waals surface area (Å²) in [5.74, 6) is 0.456. The van der Waals surface area contributed by atoms with Crippen LogP contribution in [-0.2, 0) is 22.2 Å². The Labute approximate surface area is 105 Å². The van der Waals surface area contributed by atoms with Crippen LogP contribution in [0.4, 0.5) is 0 Å². The summed E-state index contributed by atoms with van der Waals surface area (Å²) in [5.41, 5.74) is 0.754. The van der Waals surface area contributed by atoms with Crippen molar-refractivity contribution < 1.29 is 8.42 Å². The van der Waals surface area contributed by atoms with Gasteiger partial charge in [-0.1, -0.05) is 35.5 Å². The van der Waals surface area contributed by atoms with E-state index in [2.05, 4.69) is 25.3 Å². The van der Waals surface area contributed by atoms with Crippen LogP contribution in [0.25, 0.3) is 0 Å². The number of H-pyrrole nitrogens is 1. The van der Waals surface area contributed by atoms with E-state index in [9.17, 15) is 8.42 Å². The van der Waals surface area contributed by atoms with Crippen LogP contribution < -0.4 is 4.72 Å². The first-order chi connectivity index (χ1) is 8.66. The molecule has 0 amide bonds. The van der Waals surface area contributed by atoms with Crippen LogP contribution in [0.2, 0.25) is 0 Å².